The van der Waals surface area contributed by atoms with Crippen LogP contribution < -0.4 is 5.43 Å². The van der Waals surface area contributed by atoms with E-state index in [4.69, 9.17) is 16.3 Å². The van der Waals surface area contributed by atoms with Crippen LogP contribution in [0.15, 0.2) is 17.1 Å². The summed E-state index contributed by atoms with van der Waals surface area (Å²) in [5, 5.41) is 8.20. The summed E-state index contributed by atoms with van der Waals surface area (Å²) in [5.41, 5.74) is 0.170. The average molecular weight is 351 g/mol. The van der Waals surface area contributed by atoms with Crippen LogP contribution in [0.4, 0.5) is 0 Å². The largest absolute Gasteiger partial charge is 0.375 e. The molecule has 3 heterocycles. The molecule has 0 aliphatic carbocycles. The summed E-state index contributed by atoms with van der Waals surface area (Å²) in [5.74, 6) is -0.292. The van der Waals surface area contributed by atoms with Crippen molar-refractivity contribution in [2.24, 2.45) is 0 Å². The van der Waals surface area contributed by atoms with Crippen molar-refractivity contribution < 1.29 is 9.53 Å². The van der Waals surface area contributed by atoms with Crippen LogP contribution in [0.5, 0.6) is 0 Å². The highest BCUT2D eigenvalue weighted by atomic mass is 35.5. The van der Waals surface area contributed by atoms with Gasteiger partial charge in [-0.25, -0.2) is 0 Å². The fraction of sp³-hybridized carbons (Fsp3) is 0.500. The molecule has 0 N–H and O–H groups in total. The second-order valence-corrected chi connectivity index (χ2v) is 6.40. The van der Waals surface area contributed by atoms with Gasteiger partial charge in [-0.2, -0.15) is 0 Å². The van der Waals surface area contributed by atoms with E-state index < -0.39 is 0 Å². The van der Waals surface area contributed by atoms with Crippen molar-refractivity contribution in [2.45, 2.75) is 39.5 Å². The molecule has 0 radical (unpaired) electrons. The van der Waals surface area contributed by atoms with Crippen LogP contribution in [0.1, 0.15) is 31.1 Å². The van der Waals surface area contributed by atoms with Crippen LogP contribution >= 0.6 is 11.6 Å². The van der Waals surface area contributed by atoms with E-state index in [1.54, 1.807) is 15.7 Å². The van der Waals surface area contributed by atoms with Crippen molar-refractivity contribution in [3.8, 4) is 0 Å². The van der Waals surface area contributed by atoms with E-state index in [1.807, 2.05) is 20.8 Å². The van der Waals surface area contributed by atoms with Crippen LogP contribution in [0, 0.1) is 0 Å². The smallest absolute Gasteiger partial charge is 0.259 e. The number of aryl methyl sites for hydroxylation is 1. The summed E-state index contributed by atoms with van der Waals surface area (Å²) in [7, 11) is 0. The van der Waals surface area contributed by atoms with E-state index in [0.717, 1.165) is 0 Å². The Kier molecular flexibility index (Phi) is 4.56. The van der Waals surface area contributed by atoms with E-state index >= 15 is 0 Å². The van der Waals surface area contributed by atoms with Crippen molar-refractivity contribution in [2.75, 3.05) is 13.2 Å². The number of ether oxygens (including phenoxy) is 1. The number of nitrogens with zero attached hydrogens (tertiary/aromatic N) is 4. The maximum Gasteiger partial charge on any atom is 0.259 e. The summed E-state index contributed by atoms with van der Waals surface area (Å²) in [6.45, 7) is 7.20. The molecule has 1 saturated heterocycles. The standard InChI is InChI=1S/C16H19ClN4O3/c1-4-20-7-12(14(22)11-5-13(17)18-19-15(11)20)16(23)21-6-10(3)24-8-9(21)2/h5,7,9-10H,4,6,8H2,1-3H3/t9-,10-/m1/s1. The Hall–Kier alpha value is -1.99. The first kappa shape index (κ1) is 16.9. The molecule has 1 aliphatic rings. The molecule has 128 valence electrons. The van der Waals surface area contributed by atoms with Gasteiger partial charge in [-0.15, -0.1) is 10.2 Å². The van der Waals surface area contributed by atoms with Gasteiger partial charge in [0.2, 0.25) is 5.43 Å². The normalized spacial score (nSPS) is 21.2. The van der Waals surface area contributed by atoms with E-state index in [9.17, 15) is 9.59 Å². The summed E-state index contributed by atoms with van der Waals surface area (Å²) in [6, 6.07) is 1.37. The lowest BCUT2D eigenvalue weighted by Gasteiger charge is -2.36. The number of hydrogen-bond donors (Lipinski definition) is 0. The monoisotopic (exact) mass is 350 g/mol. The maximum absolute atomic E-state index is 13.0. The Morgan fingerprint density at radius 1 is 1.42 bits per heavy atom. The molecule has 0 bridgehead atoms. The van der Waals surface area contributed by atoms with E-state index in [0.29, 0.717) is 30.7 Å². The van der Waals surface area contributed by atoms with E-state index in [1.165, 1.54) is 6.07 Å². The van der Waals surface area contributed by atoms with Crippen molar-refractivity contribution >= 4 is 28.5 Å². The maximum atomic E-state index is 13.0. The highest BCUT2D eigenvalue weighted by Crippen LogP contribution is 2.17. The van der Waals surface area contributed by atoms with Gasteiger partial charge in [0.1, 0.15) is 5.56 Å². The molecule has 8 heteroatoms. The number of aromatic nitrogens is 3. The van der Waals surface area contributed by atoms with Crippen LogP contribution in [0.2, 0.25) is 5.15 Å². The molecule has 24 heavy (non-hydrogen) atoms. The molecule has 1 aliphatic heterocycles. The lowest BCUT2D eigenvalue weighted by atomic mass is 10.1. The van der Waals surface area contributed by atoms with E-state index in [-0.39, 0.29) is 34.2 Å². The highest BCUT2D eigenvalue weighted by Gasteiger charge is 2.30. The zero-order chi connectivity index (χ0) is 17.4. The van der Waals surface area contributed by atoms with Crippen molar-refractivity contribution in [3.63, 3.8) is 0 Å². The van der Waals surface area contributed by atoms with Crippen molar-refractivity contribution in [1.82, 2.24) is 19.7 Å². The van der Waals surface area contributed by atoms with Crippen LogP contribution in [-0.2, 0) is 11.3 Å². The highest BCUT2D eigenvalue weighted by molar-refractivity contribution is 6.29. The molecule has 3 rings (SSSR count). The summed E-state index contributed by atoms with van der Waals surface area (Å²) in [6.07, 6.45) is 1.50. The molecule has 7 nitrogen and oxygen atoms in total. The first-order chi connectivity index (χ1) is 11.4. The number of halogens is 1. The Balaban J connectivity index is 2.13. The molecule has 2 aromatic rings. The number of morpholine rings is 1. The average Bonchev–Trinajstić information content (AvgIpc) is 2.57. The zero-order valence-corrected chi connectivity index (χ0v) is 14.6. The van der Waals surface area contributed by atoms with Crippen LogP contribution in [0.3, 0.4) is 0 Å². The van der Waals surface area contributed by atoms with Gasteiger partial charge in [0, 0.05) is 19.3 Å². The van der Waals surface area contributed by atoms with Gasteiger partial charge in [-0.1, -0.05) is 11.6 Å². The number of hydrogen-bond acceptors (Lipinski definition) is 5. The van der Waals surface area contributed by atoms with Crippen LogP contribution in [-0.4, -0.2) is 50.9 Å². The van der Waals surface area contributed by atoms with Crippen LogP contribution in [0.25, 0.3) is 11.0 Å². The molecule has 0 aromatic carbocycles. The minimum absolute atomic E-state index is 0.0562. The van der Waals surface area contributed by atoms with Crippen molar-refractivity contribution in [3.05, 3.63) is 33.2 Å². The fourth-order valence-electron chi connectivity index (χ4n) is 2.90. The zero-order valence-electron chi connectivity index (χ0n) is 13.8. The second kappa shape index (κ2) is 6.49. The summed E-state index contributed by atoms with van der Waals surface area (Å²) >= 11 is 5.88. The van der Waals surface area contributed by atoms with Gasteiger partial charge in [0.05, 0.1) is 24.1 Å². The minimum atomic E-state index is -0.372. The Bertz CT molecular complexity index is 851. The summed E-state index contributed by atoms with van der Waals surface area (Å²) < 4.78 is 7.29. The predicted molar refractivity (Wildman–Crippen MR) is 90.4 cm³/mol. The first-order valence-electron chi connectivity index (χ1n) is 7.91. The molecule has 0 unspecified atom stereocenters. The third-order valence-corrected chi connectivity index (χ3v) is 4.42. The molecular formula is C16H19ClN4O3. The molecule has 1 fully saturated rings. The number of fused-ring (bicyclic) bond motifs is 1. The Labute approximate surface area is 144 Å². The number of pyridine rings is 1. The van der Waals surface area contributed by atoms with Gasteiger partial charge >= 0.3 is 0 Å². The van der Waals surface area contributed by atoms with Gasteiger partial charge in [0.15, 0.2) is 10.8 Å². The quantitative estimate of drug-likeness (QED) is 0.824. The fourth-order valence-corrected chi connectivity index (χ4v) is 3.04. The Morgan fingerprint density at radius 3 is 2.88 bits per heavy atom. The van der Waals surface area contributed by atoms with Gasteiger partial charge in [0.25, 0.3) is 5.91 Å². The molecule has 1 amide bonds. The minimum Gasteiger partial charge on any atom is -0.375 e. The SMILES string of the molecule is CCn1cc(C(=O)N2C[C@@H](C)OC[C@H]2C)c(=O)c2cc(Cl)nnc21. The number of amides is 1. The summed E-state index contributed by atoms with van der Waals surface area (Å²) in [4.78, 5) is 27.5. The number of carbonyl (C=O) groups is 1. The lowest BCUT2D eigenvalue weighted by molar-refractivity contribution is -0.0387. The molecule has 2 aromatic heterocycles. The first-order valence-corrected chi connectivity index (χ1v) is 8.29. The van der Waals surface area contributed by atoms with Gasteiger partial charge in [-0.3, -0.25) is 9.59 Å². The van der Waals surface area contributed by atoms with E-state index in [2.05, 4.69) is 10.2 Å². The molecule has 2 atom stereocenters. The third-order valence-electron chi connectivity index (χ3n) is 4.23. The number of rotatable bonds is 2. The lowest BCUT2D eigenvalue weighted by Crippen LogP contribution is -2.51. The Morgan fingerprint density at radius 2 is 2.17 bits per heavy atom. The van der Waals surface area contributed by atoms with Crippen molar-refractivity contribution in [1.29, 1.82) is 0 Å². The molecule has 0 spiro atoms. The van der Waals surface area contributed by atoms with Gasteiger partial charge in [-0.05, 0) is 26.8 Å². The second-order valence-electron chi connectivity index (χ2n) is 6.01. The molecule has 0 saturated carbocycles. The number of carbonyl (C=O) groups excluding carboxylic acids is 1. The predicted octanol–water partition coefficient (Wildman–Crippen LogP) is 1.71. The third kappa shape index (κ3) is 2.89. The van der Waals surface area contributed by atoms with Gasteiger partial charge < -0.3 is 14.2 Å². The molecular weight excluding hydrogens is 332 g/mol. The topological polar surface area (TPSA) is 77.3 Å².